The van der Waals surface area contributed by atoms with E-state index in [1.54, 1.807) is 14.2 Å². The van der Waals surface area contributed by atoms with Crippen LogP contribution in [-0.2, 0) is 20.8 Å². The minimum absolute atomic E-state index is 0.318. The number of fused-ring (bicyclic) bond motifs is 2. The molecule has 10 nitrogen and oxygen atoms in total. The Labute approximate surface area is 204 Å². The second kappa shape index (κ2) is 10.7. The predicted molar refractivity (Wildman–Crippen MR) is 134 cm³/mol. The molecule has 35 heavy (non-hydrogen) atoms. The van der Waals surface area contributed by atoms with Gasteiger partial charge in [-0.15, -0.1) is 5.10 Å². The Morgan fingerprint density at radius 2 is 1.83 bits per heavy atom. The first-order chi connectivity index (χ1) is 17.2. The number of imidazole rings is 1. The van der Waals surface area contributed by atoms with Gasteiger partial charge in [0.25, 0.3) is 0 Å². The highest BCUT2D eigenvalue weighted by Gasteiger charge is 2.22. The van der Waals surface area contributed by atoms with E-state index in [-0.39, 0.29) is 0 Å². The van der Waals surface area contributed by atoms with Gasteiger partial charge in [0.2, 0.25) is 5.95 Å². The molecule has 0 bridgehead atoms. The molecular weight excluding hydrogens is 446 g/mol. The van der Waals surface area contributed by atoms with Crippen LogP contribution in [0.25, 0.3) is 27.9 Å². The van der Waals surface area contributed by atoms with Gasteiger partial charge >= 0.3 is 0 Å². The van der Waals surface area contributed by atoms with Gasteiger partial charge < -0.3 is 24.1 Å². The average molecular weight is 480 g/mol. The molecule has 1 saturated carbocycles. The fourth-order valence-corrected chi connectivity index (χ4v) is 4.75. The van der Waals surface area contributed by atoms with Gasteiger partial charge in [-0.2, -0.15) is 0 Å². The molecule has 1 aliphatic carbocycles. The number of anilines is 1. The molecule has 0 unspecified atom stereocenters. The van der Waals surface area contributed by atoms with E-state index in [9.17, 15) is 0 Å². The van der Waals surface area contributed by atoms with Crippen LogP contribution < -0.4 is 5.32 Å². The molecule has 4 aromatic rings. The lowest BCUT2D eigenvalue weighted by molar-refractivity contribution is -0.00158. The predicted octanol–water partition coefficient (Wildman–Crippen LogP) is 3.48. The zero-order chi connectivity index (χ0) is 24.2. The van der Waals surface area contributed by atoms with Crippen LogP contribution in [0.1, 0.15) is 31.5 Å². The summed E-state index contributed by atoms with van der Waals surface area (Å²) in [7, 11) is 3.40. The number of aryl methyl sites for hydroxylation is 1. The molecule has 4 heterocycles. The average Bonchev–Trinajstić information content (AvgIpc) is 3.43. The molecule has 186 valence electrons. The Morgan fingerprint density at radius 3 is 2.63 bits per heavy atom. The summed E-state index contributed by atoms with van der Waals surface area (Å²) < 4.78 is 20.2. The zero-order valence-corrected chi connectivity index (χ0v) is 20.6. The molecule has 1 N–H and O–H groups in total. The van der Waals surface area contributed by atoms with E-state index in [4.69, 9.17) is 24.3 Å². The van der Waals surface area contributed by atoms with Crippen molar-refractivity contribution in [3.63, 3.8) is 0 Å². The summed E-state index contributed by atoms with van der Waals surface area (Å²) in [6, 6.07) is 6.41. The van der Waals surface area contributed by atoms with Crippen molar-refractivity contribution in [2.75, 3.05) is 39.4 Å². The molecule has 0 radical (unpaired) electrons. The monoisotopic (exact) mass is 479 g/mol. The van der Waals surface area contributed by atoms with Gasteiger partial charge in [0.05, 0.1) is 43.3 Å². The van der Waals surface area contributed by atoms with Gasteiger partial charge in [-0.3, -0.25) is 0 Å². The van der Waals surface area contributed by atoms with Crippen molar-refractivity contribution in [2.45, 2.75) is 51.3 Å². The van der Waals surface area contributed by atoms with Crippen molar-refractivity contribution >= 4 is 22.6 Å². The third kappa shape index (κ3) is 5.14. The third-order valence-electron chi connectivity index (χ3n) is 6.64. The number of ether oxygens (including phenoxy) is 3. The first-order valence-electron chi connectivity index (χ1n) is 12.2. The normalized spacial score (nSPS) is 18.5. The van der Waals surface area contributed by atoms with E-state index in [1.807, 2.05) is 42.0 Å². The molecule has 5 rings (SSSR count). The van der Waals surface area contributed by atoms with Crippen LogP contribution in [0.2, 0.25) is 0 Å². The quantitative estimate of drug-likeness (QED) is 0.345. The molecular formula is C25H33N7O3. The smallest absolute Gasteiger partial charge is 0.241 e. The summed E-state index contributed by atoms with van der Waals surface area (Å²) in [6.07, 6.45) is 8.28. The Kier molecular flexibility index (Phi) is 7.21. The number of nitrogens with one attached hydrogen (secondary N) is 1. The van der Waals surface area contributed by atoms with E-state index in [0.717, 1.165) is 59.4 Å². The molecule has 4 aromatic heterocycles. The van der Waals surface area contributed by atoms with E-state index < -0.39 is 0 Å². The summed E-state index contributed by atoms with van der Waals surface area (Å²) in [5, 5.41) is 8.21. The van der Waals surface area contributed by atoms with Crippen molar-refractivity contribution < 1.29 is 14.2 Å². The van der Waals surface area contributed by atoms with Crippen molar-refractivity contribution in [1.29, 1.82) is 0 Å². The first kappa shape index (κ1) is 23.7. The summed E-state index contributed by atoms with van der Waals surface area (Å²) in [4.78, 5) is 14.2. The summed E-state index contributed by atoms with van der Waals surface area (Å²) in [5.74, 6) is 1.57. The van der Waals surface area contributed by atoms with E-state index in [1.165, 1.54) is 0 Å². The summed E-state index contributed by atoms with van der Waals surface area (Å²) in [6.45, 7) is 4.62. The molecule has 0 spiro atoms. The fraction of sp³-hybridized carbons (Fsp3) is 0.520. The minimum Gasteiger partial charge on any atom is -0.383 e. The van der Waals surface area contributed by atoms with Gasteiger partial charge in [0.15, 0.2) is 5.65 Å². The second-order valence-electron chi connectivity index (χ2n) is 8.97. The topological polar surface area (TPSA) is 101 Å². The molecule has 0 aliphatic heterocycles. The number of nitrogens with zero attached hydrogens (tertiary/aromatic N) is 6. The molecule has 0 amide bonds. The highest BCUT2D eigenvalue weighted by atomic mass is 16.5. The van der Waals surface area contributed by atoms with Gasteiger partial charge in [-0.05, 0) is 50.8 Å². The summed E-state index contributed by atoms with van der Waals surface area (Å²) >= 11 is 0. The largest absolute Gasteiger partial charge is 0.383 e. The fourth-order valence-electron chi connectivity index (χ4n) is 4.75. The number of aromatic nitrogens is 6. The standard InChI is InChI=1S/C25H33N7O3/c1-17-27-22-9-8-21(29-24(22)31(17)12-13-33-2)20-10-11-32-23(20)16-26-25(30-32)28-18-4-6-19(7-5-18)35-15-14-34-3/h8-11,16,18-19H,4-7,12-15H2,1-3H3,(H,28,30). The molecule has 1 fully saturated rings. The van der Waals surface area contributed by atoms with E-state index in [2.05, 4.69) is 19.9 Å². The highest BCUT2D eigenvalue weighted by molar-refractivity contribution is 5.82. The van der Waals surface area contributed by atoms with Crippen LogP contribution in [0.4, 0.5) is 5.95 Å². The van der Waals surface area contributed by atoms with Crippen molar-refractivity contribution in [1.82, 2.24) is 29.1 Å². The van der Waals surface area contributed by atoms with Crippen molar-refractivity contribution in [3.05, 3.63) is 36.4 Å². The number of rotatable bonds is 10. The lowest BCUT2D eigenvalue weighted by atomic mass is 9.93. The Morgan fingerprint density at radius 1 is 1.00 bits per heavy atom. The Bertz CT molecular complexity index is 1280. The maximum absolute atomic E-state index is 5.87. The lowest BCUT2D eigenvalue weighted by Gasteiger charge is -2.29. The van der Waals surface area contributed by atoms with Crippen LogP contribution in [0.3, 0.4) is 0 Å². The highest BCUT2D eigenvalue weighted by Crippen LogP contribution is 2.27. The van der Waals surface area contributed by atoms with Crippen LogP contribution in [0, 0.1) is 6.92 Å². The second-order valence-corrected chi connectivity index (χ2v) is 8.97. The molecule has 10 heteroatoms. The van der Waals surface area contributed by atoms with Crippen molar-refractivity contribution in [2.24, 2.45) is 0 Å². The molecule has 0 saturated heterocycles. The third-order valence-corrected chi connectivity index (χ3v) is 6.64. The first-order valence-corrected chi connectivity index (χ1v) is 12.2. The number of methoxy groups -OCH3 is 2. The Balaban J connectivity index is 1.30. The van der Waals surface area contributed by atoms with Crippen LogP contribution in [-0.4, -0.2) is 75.3 Å². The van der Waals surface area contributed by atoms with Gasteiger partial charge in [-0.1, -0.05) is 0 Å². The minimum atomic E-state index is 0.318. The maximum Gasteiger partial charge on any atom is 0.241 e. The number of hydrogen-bond donors (Lipinski definition) is 1. The number of hydrogen-bond acceptors (Lipinski definition) is 8. The van der Waals surface area contributed by atoms with Crippen LogP contribution in [0.15, 0.2) is 30.6 Å². The molecule has 0 aromatic carbocycles. The van der Waals surface area contributed by atoms with Gasteiger partial charge in [0, 0.05) is 38.6 Å². The molecule has 1 aliphatic rings. The van der Waals surface area contributed by atoms with Crippen molar-refractivity contribution in [3.8, 4) is 11.3 Å². The summed E-state index contributed by atoms with van der Waals surface area (Å²) in [5.41, 5.74) is 4.51. The van der Waals surface area contributed by atoms with Crippen LogP contribution >= 0.6 is 0 Å². The zero-order valence-electron chi connectivity index (χ0n) is 20.6. The lowest BCUT2D eigenvalue weighted by Crippen LogP contribution is -2.31. The number of pyridine rings is 1. The van der Waals surface area contributed by atoms with E-state index in [0.29, 0.717) is 44.5 Å². The van der Waals surface area contributed by atoms with Gasteiger partial charge in [-0.25, -0.2) is 19.5 Å². The maximum atomic E-state index is 5.87. The van der Waals surface area contributed by atoms with E-state index >= 15 is 0 Å². The van der Waals surface area contributed by atoms with Gasteiger partial charge in [0.1, 0.15) is 11.3 Å². The van der Waals surface area contributed by atoms with Crippen LogP contribution in [0.5, 0.6) is 0 Å². The SMILES string of the molecule is COCCOC1CCC(Nc2ncc3c(-c4ccc5nc(C)n(CCOC)c5n4)ccn3n2)CC1. The Hall–Kier alpha value is -3.08. The molecule has 0 atom stereocenters.